The van der Waals surface area contributed by atoms with Gasteiger partial charge in [0.05, 0.1) is 7.11 Å². The fourth-order valence-electron chi connectivity index (χ4n) is 1.95. The molecule has 1 aromatic carbocycles. The highest BCUT2D eigenvalue weighted by Crippen LogP contribution is 2.28. The molecule has 0 amide bonds. The van der Waals surface area contributed by atoms with E-state index < -0.39 is 0 Å². The lowest BCUT2D eigenvalue weighted by molar-refractivity contribution is 0.397. The van der Waals surface area contributed by atoms with Crippen LogP contribution in [0.1, 0.15) is 37.4 Å². The Labute approximate surface area is 104 Å². The molecule has 0 aliphatic rings. The van der Waals surface area contributed by atoms with Crippen LogP contribution < -0.4 is 16.2 Å². The van der Waals surface area contributed by atoms with Crippen LogP contribution in [0.2, 0.25) is 0 Å². The Kier molecular flexibility index (Phi) is 5.45. The van der Waals surface area contributed by atoms with E-state index in [1.54, 1.807) is 7.11 Å². The summed E-state index contributed by atoms with van der Waals surface area (Å²) in [5.41, 5.74) is 14.3. The van der Waals surface area contributed by atoms with Crippen LogP contribution in [0.25, 0.3) is 0 Å². The molecule has 17 heavy (non-hydrogen) atoms. The minimum Gasteiger partial charge on any atom is -0.496 e. The van der Waals surface area contributed by atoms with Gasteiger partial charge in [0.2, 0.25) is 0 Å². The van der Waals surface area contributed by atoms with Crippen LogP contribution in [-0.2, 0) is 6.42 Å². The molecule has 2 unspecified atom stereocenters. The van der Waals surface area contributed by atoms with Gasteiger partial charge in [-0.3, -0.25) is 0 Å². The van der Waals surface area contributed by atoms with E-state index >= 15 is 0 Å². The maximum Gasteiger partial charge on any atom is 0.123 e. The van der Waals surface area contributed by atoms with E-state index in [2.05, 4.69) is 26.0 Å². The summed E-state index contributed by atoms with van der Waals surface area (Å²) in [6.45, 7) is 4.93. The van der Waals surface area contributed by atoms with Crippen molar-refractivity contribution in [3.63, 3.8) is 0 Å². The summed E-state index contributed by atoms with van der Waals surface area (Å²) in [6.07, 6.45) is 1.90. The number of methoxy groups -OCH3 is 1. The van der Waals surface area contributed by atoms with Crippen LogP contribution in [0.4, 0.5) is 0 Å². The van der Waals surface area contributed by atoms with Gasteiger partial charge in [-0.15, -0.1) is 0 Å². The minimum absolute atomic E-state index is 0.00463. The maximum atomic E-state index is 6.24. The van der Waals surface area contributed by atoms with E-state index in [0.717, 1.165) is 24.2 Å². The van der Waals surface area contributed by atoms with Crippen molar-refractivity contribution in [1.82, 2.24) is 0 Å². The fourth-order valence-corrected chi connectivity index (χ4v) is 1.95. The first-order valence-electron chi connectivity index (χ1n) is 6.24. The molecule has 0 saturated carbocycles. The van der Waals surface area contributed by atoms with Crippen molar-refractivity contribution in [3.8, 4) is 5.75 Å². The quantitative estimate of drug-likeness (QED) is 0.796. The molecule has 0 aromatic heterocycles. The van der Waals surface area contributed by atoms with Crippen LogP contribution in [0, 0.1) is 5.92 Å². The molecule has 0 saturated heterocycles. The van der Waals surface area contributed by atoms with Crippen LogP contribution in [-0.4, -0.2) is 13.7 Å². The molecule has 4 N–H and O–H groups in total. The Balaban J connectivity index is 2.92. The molecule has 3 nitrogen and oxygen atoms in total. The van der Waals surface area contributed by atoms with E-state index in [-0.39, 0.29) is 6.04 Å². The van der Waals surface area contributed by atoms with Crippen LogP contribution in [0.3, 0.4) is 0 Å². The van der Waals surface area contributed by atoms with Crippen molar-refractivity contribution in [2.75, 3.05) is 13.7 Å². The topological polar surface area (TPSA) is 61.3 Å². The average Bonchev–Trinajstić information content (AvgIpc) is 2.37. The summed E-state index contributed by atoms with van der Waals surface area (Å²) in [6, 6.07) is 6.23. The molecule has 0 fully saturated rings. The summed E-state index contributed by atoms with van der Waals surface area (Å²) in [5, 5.41) is 0. The first-order chi connectivity index (χ1) is 8.12. The molecule has 2 atom stereocenters. The van der Waals surface area contributed by atoms with Gasteiger partial charge in [0, 0.05) is 11.6 Å². The predicted molar refractivity (Wildman–Crippen MR) is 72.1 cm³/mol. The third-order valence-corrected chi connectivity index (χ3v) is 3.16. The van der Waals surface area contributed by atoms with Crippen molar-refractivity contribution >= 4 is 0 Å². The molecule has 1 rings (SSSR count). The molecule has 1 aromatic rings. The smallest absolute Gasteiger partial charge is 0.123 e. The van der Waals surface area contributed by atoms with Crippen molar-refractivity contribution in [1.29, 1.82) is 0 Å². The van der Waals surface area contributed by atoms with E-state index in [9.17, 15) is 0 Å². The van der Waals surface area contributed by atoms with Gasteiger partial charge < -0.3 is 16.2 Å². The second kappa shape index (κ2) is 6.62. The monoisotopic (exact) mass is 236 g/mol. The third-order valence-electron chi connectivity index (χ3n) is 3.16. The molecule has 0 aliphatic heterocycles. The Morgan fingerprint density at radius 1 is 1.35 bits per heavy atom. The molecule has 3 heteroatoms. The highest BCUT2D eigenvalue weighted by Gasteiger charge is 2.15. The van der Waals surface area contributed by atoms with E-state index in [4.69, 9.17) is 16.2 Å². The molecule has 0 radical (unpaired) electrons. The van der Waals surface area contributed by atoms with E-state index in [0.29, 0.717) is 12.5 Å². The number of hydrogen-bond donors (Lipinski definition) is 2. The van der Waals surface area contributed by atoms with Gasteiger partial charge in [0.25, 0.3) is 0 Å². The number of ether oxygens (including phenoxy) is 1. The van der Waals surface area contributed by atoms with Gasteiger partial charge >= 0.3 is 0 Å². The molecule has 0 aliphatic carbocycles. The summed E-state index contributed by atoms with van der Waals surface area (Å²) in [5.74, 6) is 1.30. The van der Waals surface area contributed by atoms with E-state index in [1.165, 1.54) is 5.56 Å². The van der Waals surface area contributed by atoms with E-state index in [1.807, 2.05) is 6.07 Å². The zero-order chi connectivity index (χ0) is 12.8. The Bertz CT molecular complexity index is 352. The lowest BCUT2D eigenvalue weighted by Gasteiger charge is -2.19. The lowest BCUT2D eigenvalue weighted by Crippen LogP contribution is -2.20. The SMILES string of the molecule is CCc1ccc(OC)c(C(N)CC(C)CN)c1. The average molecular weight is 236 g/mol. The maximum absolute atomic E-state index is 6.24. The molecular formula is C14H24N2O. The second-order valence-electron chi connectivity index (χ2n) is 4.61. The number of aryl methyl sites for hydroxylation is 1. The largest absolute Gasteiger partial charge is 0.496 e. The Hall–Kier alpha value is -1.06. The first-order valence-corrected chi connectivity index (χ1v) is 6.24. The van der Waals surface area contributed by atoms with Crippen molar-refractivity contribution in [3.05, 3.63) is 29.3 Å². The minimum atomic E-state index is -0.00463. The summed E-state index contributed by atoms with van der Waals surface area (Å²) in [7, 11) is 1.68. The van der Waals surface area contributed by atoms with Crippen molar-refractivity contribution in [2.24, 2.45) is 17.4 Å². The first kappa shape index (κ1) is 14.0. The highest BCUT2D eigenvalue weighted by atomic mass is 16.5. The van der Waals surface area contributed by atoms with Gasteiger partial charge in [-0.2, -0.15) is 0 Å². The molecule has 0 bridgehead atoms. The number of nitrogens with two attached hydrogens (primary N) is 2. The fraction of sp³-hybridized carbons (Fsp3) is 0.571. The van der Waals surface area contributed by atoms with Crippen molar-refractivity contribution < 1.29 is 4.74 Å². The van der Waals surface area contributed by atoms with Crippen LogP contribution in [0.5, 0.6) is 5.75 Å². The highest BCUT2D eigenvalue weighted by molar-refractivity contribution is 5.39. The standard InChI is InChI=1S/C14H24N2O/c1-4-11-5-6-14(17-3)12(8-11)13(16)7-10(2)9-15/h5-6,8,10,13H,4,7,9,15-16H2,1-3H3. The van der Waals surface area contributed by atoms with Gasteiger partial charge in [0.15, 0.2) is 0 Å². The van der Waals surface area contributed by atoms with Gasteiger partial charge in [0.1, 0.15) is 5.75 Å². The van der Waals surface area contributed by atoms with Crippen LogP contribution >= 0.6 is 0 Å². The van der Waals surface area contributed by atoms with Gasteiger partial charge in [-0.25, -0.2) is 0 Å². The molecule has 0 spiro atoms. The van der Waals surface area contributed by atoms with Gasteiger partial charge in [-0.05, 0) is 36.9 Å². The molecule has 0 heterocycles. The van der Waals surface area contributed by atoms with Crippen LogP contribution in [0.15, 0.2) is 18.2 Å². The Morgan fingerprint density at radius 3 is 2.59 bits per heavy atom. The normalized spacial score (nSPS) is 14.4. The summed E-state index contributed by atoms with van der Waals surface area (Å²) >= 11 is 0. The third kappa shape index (κ3) is 3.72. The van der Waals surface area contributed by atoms with Gasteiger partial charge in [-0.1, -0.05) is 26.0 Å². The zero-order valence-electron chi connectivity index (χ0n) is 11.1. The Morgan fingerprint density at radius 2 is 2.06 bits per heavy atom. The summed E-state index contributed by atoms with van der Waals surface area (Å²) in [4.78, 5) is 0. The number of rotatable bonds is 6. The summed E-state index contributed by atoms with van der Waals surface area (Å²) < 4.78 is 5.37. The predicted octanol–water partition coefficient (Wildman–Crippen LogP) is 2.24. The lowest BCUT2D eigenvalue weighted by atomic mass is 9.94. The zero-order valence-corrected chi connectivity index (χ0v) is 11.1. The number of benzene rings is 1. The number of hydrogen-bond acceptors (Lipinski definition) is 3. The van der Waals surface area contributed by atoms with Crippen molar-refractivity contribution in [2.45, 2.75) is 32.7 Å². The second-order valence-corrected chi connectivity index (χ2v) is 4.61. The molecule has 96 valence electrons. The molecular weight excluding hydrogens is 212 g/mol.